The van der Waals surface area contributed by atoms with Gasteiger partial charge in [-0.05, 0) is 31.1 Å². The summed E-state index contributed by atoms with van der Waals surface area (Å²) < 4.78 is 16.9. The molecule has 63 heavy (non-hydrogen) atoms. The Kier molecular flexibility index (Phi) is 48.6. The van der Waals surface area contributed by atoms with E-state index in [0.717, 1.165) is 69.6 Å². The van der Waals surface area contributed by atoms with E-state index in [1.165, 1.54) is 205 Å². The van der Waals surface area contributed by atoms with Crippen molar-refractivity contribution in [1.29, 1.82) is 0 Å². The van der Waals surface area contributed by atoms with Crippen molar-refractivity contribution in [2.45, 2.75) is 323 Å². The van der Waals surface area contributed by atoms with E-state index in [-0.39, 0.29) is 31.1 Å². The lowest BCUT2D eigenvalue weighted by atomic mass is 10.0. The van der Waals surface area contributed by atoms with Crippen LogP contribution in [-0.2, 0) is 28.6 Å². The van der Waals surface area contributed by atoms with Crippen LogP contribution in [0.1, 0.15) is 317 Å². The normalized spacial score (nSPS) is 12.0. The van der Waals surface area contributed by atoms with E-state index in [2.05, 4.69) is 34.6 Å². The summed E-state index contributed by atoms with van der Waals surface area (Å²) >= 11 is 0. The number of unbranched alkanes of at least 4 members (excludes halogenated alkanes) is 36. The van der Waals surface area contributed by atoms with Gasteiger partial charge in [-0.2, -0.15) is 0 Å². The van der Waals surface area contributed by atoms with Crippen molar-refractivity contribution < 1.29 is 28.6 Å². The van der Waals surface area contributed by atoms with E-state index in [9.17, 15) is 14.4 Å². The van der Waals surface area contributed by atoms with Crippen LogP contribution in [0.2, 0.25) is 0 Å². The number of esters is 3. The smallest absolute Gasteiger partial charge is 0.306 e. The first-order chi connectivity index (χ1) is 30.7. The van der Waals surface area contributed by atoms with Crippen LogP contribution in [0.3, 0.4) is 0 Å². The number of rotatable bonds is 51. The van der Waals surface area contributed by atoms with Crippen LogP contribution in [0, 0.1) is 11.8 Å². The number of hydrogen-bond acceptors (Lipinski definition) is 6. The summed E-state index contributed by atoms with van der Waals surface area (Å²) in [4.78, 5) is 38.1. The van der Waals surface area contributed by atoms with Gasteiger partial charge >= 0.3 is 17.9 Å². The number of carbonyl (C=O) groups excluding carboxylic acids is 3. The lowest BCUT2D eigenvalue weighted by Crippen LogP contribution is -2.30. The van der Waals surface area contributed by atoms with Crippen molar-refractivity contribution >= 4 is 17.9 Å². The first-order valence-corrected chi connectivity index (χ1v) is 28.2. The second-order valence-electron chi connectivity index (χ2n) is 20.5. The molecule has 374 valence electrons. The van der Waals surface area contributed by atoms with Gasteiger partial charge in [-0.15, -0.1) is 0 Å². The summed E-state index contributed by atoms with van der Waals surface area (Å²) in [5.41, 5.74) is 0. The molecule has 0 heterocycles. The largest absolute Gasteiger partial charge is 0.462 e. The van der Waals surface area contributed by atoms with Crippen molar-refractivity contribution in [3.63, 3.8) is 0 Å². The summed E-state index contributed by atoms with van der Waals surface area (Å²) in [7, 11) is 0. The number of hydrogen-bond donors (Lipinski definition) is 0. The number of carbonyl (C=O) groups is 3. The zero-order chi connectivity index (χ0) is 46.1. The minimum atomic E-state index is -0.762. The Morgan fingerprint density at radius 3 is 0.778 bits per heavy atom. The summed E-state index contributed by atoms with van der Waals surface area (Å²) in [5.74, 6) is 0.835. The Labute approximate surface area is 393 Å². The quantitative estimate of drug-likeness (QED) is 0.0344. The Bertz CT molecular complexity index is 962. The van der Waals surface area contributed by atoms with Gasteiger partial charge in [0.15, 0.2) is 6.10 Å². The molecular weight excluding hydrogens is 781 g/mol. The highest BCUT2D eigenvalue weighted by atomic mass is 16.6. The SMILES string of the molecule is CCCCCCCCCCCCCCCC(=O)O[C@H](COC(=O)CCCCCCCCCCCCCCCCCC(C)C)COC(=O)CCCCCCCCCCCCCC(C)C. The van der Waals surface area contributed by atoms with E-state index in [4.69, 9.17) is 14.2 Å². The highest BCUT2D eigenvalue weighted by Crippen LogP contribution is 2.18. The Morgan fingerprint density at radius 1 is 0.302 bits per heavy atom. The van der Waals surface area contributed by atoms with Crippen LogP contribution in [0.25, 0.3) is 0 Å². The molecule has 0 spiro atoms. The minimum Gasteiger partial charge on any atom is -0.462 e. The molecule has 0 fully saturated rings. The average molecular weight is 892 g/mol. The minimum absolute atomic E-state index is 0.0628. The summed E-state index contributed by atoms with van der Waals surface area (Å²) in [6.45, 7) is 11.4. The first kappa shape index (κ1) is 61.4. The van der Waals surface area contributed by atoms with E-state index < -0.39 is 6.10 Å². The molecule has 0 amide bonds. The van der Waals surface area contributed by atoms with Gasteiger partial charge in [0.2, 0.25) is 0 Å². The second-order valence-corrected chi connectivity index (χ2v) is 20.5. The lowest BCUT2D eigenvalue weighted by molar-refractivity contribution is -0.167. The van der Waals surface area contributed by atoms with E-state index in [1.54, 1.807) is 0 Å². The predicted octanol–water partition coefficient (Wildman–Crippen LogP) is 18.5. The molecule has 6 heteroatoms. The van der Waals surface area contributed by atoms with Crippen LogP contribution in [0.15, 0.2) is 0 Å². The Balaban J connectivity index is 4.28. The molecule has 0 radical (unpaired) electrons. The molecule has 0 aliphatic rings. The standard InChI is InChI=1S/C57H110O6/c1-6-7-8-9-10-11-12-16-23-29-34-39-44-49-57(60)63-54(51-62-56(59)48-43-38-33-28-24-19-21-26-31-36-41-46-53(4)5)50-61-55(58)47-42-37-32-27-22-18-15-13-14-17-20-25-30-35-40-45-52(2)3/h52-54H,6-51H2,1-5H3/t54-/m1/s1. The molecule has 0 bridgehead atoms. The van der Waals surface area contributed by atoms with E-state index in [1.807, 2.05) is 0 Å². The van der Waals surface area contributed by atoms with Crippen molar-refractivity contribution in [2.75, 3.05) is 13.2 Å². The Morgan fingerprint density at radius 2 is 0.524 bits per heavy atom. The maximum absolute atomic E-state index is 12.8. The van der Waals surface area contributed by atoms with Crippen molar-refractivity contribution in [3.05, 3.63) is 0 Å². The van der Waals surface area contributed by atoms with E-state index in [0.29, 0.717) is 19.3 Å². The van der Waals surface area contributed by atoms with Gasteiger partial charge in [0.1, 0.15) is 13.2 Å². The molecule has 0 rings (SSSR count). The molecule has 0 unspecified atom stereocenters. The van der Waals surface area contributed by atoms with Crippen molar-refractivity contribution in [3.8, 4) is 0 Å². The van der Waals surface area contributed by atoms with Gasteiger partial charge in [-0.3, -0.25) is 14.4 Å². The van der Waals surface area contributed by atoms with Gasteiger partial charge in [0, 0.05) is 19.3 Å². The zero-order valence-corrected chi connectivity index (χ0v) is 43.2. The van der Waals surface area contributed by atoms with Gasteiger partial charge < -0.3 is 14.2 Å². The third-order valence-corrected chi connectivity index (χ3v) is 13.0. The maximum atomic E-state index is 12.8. The van der Waals surface area contributed by atoms with Gasteiger partial charge in [0.25, 0.3) is 0 Å². The fourth-order valence-electron chi connectivity index (χ4n) is 8.70. The van der Waals surface area contributed by atoms with Crippen LogP contribution in [0.5, 0.6) is 0 Å². The summed E-state index contributed by atoms with van der Waals surface area (Å²) in [6.07, 6.45) is 52.3. The fraction of sp³-hybridized carbons (Fsp3) is 0.947. The Hall–Kier alpha value is -1.59. The number of ether oxygens (including phenoxy) is 3. The summed E-state index contributed by atoms with van der Waals surface area (Å²) in [6, 6.07) is 0. The molecule has 0 aromatic carbocycles. The molecule has 0 saturated heterocycles. The molecule has 0 N–H and O–H groups in total. The van der Waals surface area contributed by atoms with Gasteiger partial charge in [0.05, 0.1) is 0 Å². The fourth-order valence-corrected chi connectivity index (χ4v) is 8.70. The maximum Gasteiger partial charge on any atom is 0.306 e. The zero-order valence-electron chi connectivity index (χ0n) is 43.2. The molecule has 0 saturated carbocycles. The summed E-state index contributed by atoms with van der Waals surface area (Å²) in [5, 5.41) is 0. The monoisotopic (exact) mass is 891 g/mol. The van der Waals surface area contributed by atoms with Crippen LogP contribution >= 0.6 is 0 Å². The van der Waals surface area contributed by atoms with Crippen LogP contribution in [-0.4, -0.2) is 37.2 Å². The first-order valence-electron chi connectivity index (χ1n) is 28.2. The molecule has 0 aliphatic heterocycles. The third-order valence-electron chi connectivity index (χ3n) is 13.0. The second kappa shape index (κ2) is 49.8. The highest BCUT2D eigenvalue weighted by Gasteiger charge is 2.19. The molecule has 0 aliphatic carbocycles. The van der Waals surface area contributed by atoms with E-state index >= 15 is 0 Å². The van der Waals surface area contributed by atoms with Crippen molar-refractivity contribution in [2.24, 2.45) is 11.8 Å². The predicted molar refractivity (Wildman–Crippen MR) is 270 cm³/mol. The molecule has 6 nitrogen and oxygen atoms in total. The van der Waals surface area contributed by atoms with Crippen molar-refractivity contribution in [1.82, 2.24) is 0 Å². The average Bonchev–Trinajstić information content (AvgIpc) is 3.25. The topological polar surface area (TPSA) is 78.9 Å². The molecule has 1 atom stereocenters. The highest BCUT2D eigenvalue weighted by molar-refractivity contribution is 5.71. The van der Waals surface area contributed by atoms with Gasteiger partial charge in [-0.25, -0.2) is 0 Å². The van der Waals surface area contributed by atoms with Gasteiger partial charge in [-0.1, -0.05) is 279 Å². The molecular formula is C57H110O6. The molecule has 0 aromatic heterocycles. The molecule has 0 aromatic rings. The van der Waals surface area contributed by atoms with Crippen LogP contribution in [0.4, 0.5) is 0 Å². The van der Waals surface area contributed by atoms with Crippen LogP contribution < -0.4 is 0 Å². The lowest BCUT2D eigenvalue weighted by Gasteiger charge is -2.18. The third kappa shape index (κ3) is 51.3.